The van der Waals surface area contributed by atoms with Gasteiger partial charge in [0.2, 0.25) is 10.0 Å². The van der Waals surface area contributed by atoms with Crippen LogP contribution >= 0.6 is 24.0 Å². The van der Waals surface area contributed by atoms with Crippen LogP contribution in [-0.4, -0.2) is 41.7 Å². The summed E-state index contributed by atoms with van der Waals surface area (Å²) in [5, 5.41) is 5.90. The Kier molecular flexibility index (Phi) is 11.2. The average Bonchev–Trinajstić information content (AvgIpc) is 2.71. The molecule has 2 rings (SSSR count). The van der Waals surface area contributed by atoms with E-state index in [4.69, 9.17) is 4.74 Å². The molecule has 0 aliphatic rings. The molecule has 166 valence electrons. The Labute approximate surface area is 192 Å². The molecule has 0 unspecified atom stereocenters. The average molecular weight is 554 g/mol. The molecule has 2 aromatic rings. The van der Waals surface area contributed by atoms with Crippen molar-refractivity contribution in [1.29, 1.82) is 0 Å². The van der Waals surface area contributed by atoms with E-state index in [0.29, 0.717) is 11.5 Å². The van der Waals surface area contributed by atoms with Crippen LogP contribution in [-0.2, 0) is 27.8 Å². The van der Waals surface area contributed by atoms with Crippen LogP contribution in [0.1, 0.15) is 11.1 Å². The molecule has 0 saturated carbocycles. The molecule has 0 saturated heterocycles. The lowest BCUT2D eigenvalue weighted by atomic mass is 10.2. The van der Waals surface area contributed by atoms with E-state index in [9.17, 15) is 17.2 Å². The Bertz CT molecular complexity index is 959. The molecule has 0 spiro atoms. The Balaban J connectivity index is 0.00000450. The molecule has 0 bridgehead atoms. The fourth-order valence-corrected chi connectivity index (χ4v) is 3.53. The van der Waals surface area contributed by atoms with E-state index < -0.39 is 21.7 Å². The summed E-state index contributed by atoms with van der Waals surface area (Å²) in [5.74, 6) is -0.684. The second-order valence-electron chi connectivity index (χ2n) is 6.05. The maximum atomic E-state index is 13.7. The summed E-state index contributed by atoms with van der Waals surface area (Å²) in [4.78, 5) is 4.16. The van der Waals surface area contributed by atoms with E-state index in [-0.39, 0.29) is 60.7 Å². The summed E-state index contributed by atoms with van der Waals surface area (Å²) in [5.41, 5.74) is 0.877. The highest BCUT2D eigenvalue weighted by atomic mass is 127. The third kappa shape index (κ3) is 8.13. The molecule has 0 aliphatic heterocycles. The van der Waals surface area contributed by atoms with Crippen LogP contribution in [0.15, 0.2) is 52.4 Å². The highest BCUT2D eigenvalue weighted by Crippen LogP contribution is 2.12. The van der Waals surface area contributed by atoms with Crippen molar-refractivity contribution in [2.75, 3.05) is 27.3 Å². The number of nitrogens with zero attached hydrogens (tertiary/aromatic N) is 1. The minimum Gasteiger partial charge on any atom is -0.383 e. The van der Waals surface area contributed by atoms with Crippen LogP contribution in [0.25, 0.3) is 0 Å². The SMILES string of the molecule is CN=C(NCc1cccc(S(=O)(=O)NCCOC)c1)NCc1cc(F)ccc1F.I. The highest BCUT2D eigenvalue weighted by molar-refractivity contribution is 14.0. The lowest BCUT2D eigenvalue weighted by Crippen LogP contribution is -2.36. The zero-order valence-corrected chi connectivity index (χ0v) is 19.8. The van der Waals surface area contributed by atoms with Crippen LogP contribution in [0.4, 0.5) is 8.78 Å². The van der Waals surface area contributed by atoms with Gasteiger partial charge in [-0.3, -0.25) is 4.99 Å². The summed E-state index contributed by atoms with van der Waals surface area (Å²) >= 11 is 0. The molecule has 0 radical (unpaired) electrons. The largest absolute Gasteiger partial charge is 0.383 e. The molecule has 0 heterocycles. The third-order valence-corrected chi connectivity index (χ3v) is 5.40. The normalized spacial score (nSPS) is 11.7. The maximum Gasteiger partial charge on any atom is 0.240 e. The molecule has 0 atom stereocenters. The van der Waals surface area contributed by atoms with Gasteiger partial charge in [0.25, 0.3) is 0 Å². The number of ether oxygens (including phenoxy) is 1. The van der Waals surface area contributed by atoms with Crippen LogP contribution in [0.5, 0.6) is 0 Å². The highest BCUT2D eigenvalue weighted by Gasteiger charge is 2.13. The van der Waals surface area contributed by atoms with Gasteiger partial charge in [0.1, 0.15) is 11.6 Å². The van der Waals surface area contributed by atoms with Gasteiger partial charge < -0.3 is 15.4 Å². The number of benzene rings is 2. The topological polar surface area (TPSA) is 91.8 Å². The lowest BCUT2D eigenvalue weighted by Gasteiger charge is -2.13. The van der Waals surface area contributed by atoms with Crippen LogP contribution in [0.3, 0.4) is 0 Å². The first-order valence-electron chi connectivity index (χ1n) is 8.81. The second kappa shape index (κ2) is 12.8. The van der Waals surface area contributed by atoms with E-state index in [1.165, 1.54) is 20.2 Å². The molecule has 0 aliphatic carbocycles. The van der Waals surface area contributed by atoms with Crippen molar-refractivity contribution in [3.05, 3.63) is 65.2 Å². The Morgan fingerprint density at radius 2 is 1.83 bits per heavy atom. The van der Waals surface area contributed by atoms with Gasteiger partial charge in [-0.05, 0) is 35.9 Å². The van der Waals surface area contributed by atoms with Gasteiger partial charge >= 0.3 is 0 Å². The Morgan fingerprint density at radius 1 is 1.10 bits per heavy atom. The molecule has 11 heteroatoms. The van der Waals surface area contributed by atoms with Crippen molar-refractivity contribution < 1.29 is 21.9 Å². The number of aliphatic imine (C=N–C) groups is 1. The van der Waals surface area contributed by atoms with E-state index in [2.05, 4.69) is 20.3 Å². The minimum absolute atomic E-state index is 0. The summed E-state index contributed by atoms with van der Waals surface area (Å²) in [6.45, 7) is 0.775. The molecule has 7 nitrogen and oxygen atoms in total. The lowest BCUT2D eigenvalue weighted by molar-refractivity contribution is 0.204. The fourth-order valence-electron chi connectivity index (χ4n) is 2.45. The number of hydrogen-bond donors (Lipinski definition) is 3. The Hall–Kier alpha value is -1.83. The number of rotatable bonds is 9. The molecule has 0 amide bonds. The quantitative estimate of drug-likeness (QED) is 0.192. The van der Waals surface area contributed by atoms with E-state index in [1.54, 1.807) is 18.2 Å². The van der Waals surface area contributed by atoms with E-state index in [1.807, 2.05) is 0 Å². The monoisotopic (exact) mass is 554 g/mol. The summed E-state index contributed by atoms with van der Waals surface area (Å²) < 4.78 is 58.8. The zero-order chi connectivity index (χ0) is 21.3. The van der Waals surface area contributed by atoms with Crippen LogP contribution in [0, 0.1) is 11.6 Å². The predicted octanol–water partition coefficient (Wildman–Crippen LogP) is 2.37. The summed E-state index contributed by atoms with van der Waals surface area (Å²) in [6.07, 6.45) is 0. The molecule has 3 N–H and O–H groups in total. The number of hydrogen-bond acceptors (Lipinski definition) is 4. The maximum absolute atomic E-state index is 13.7. The smallest absolute Gasteiger partial charge is 0.240 e. The first kappa shape index (κ1) is 26.2. The van der Waals surface area contributed by atoms with Gasteiger partial charge in [0, 0.05) is 39.4 Å². The van der Waals surface area contributed by atoms with Gasteiger partial charge in [-0.25, -0.2) is 21.9 Å². The van der Waals surface area contributed by atoms with Crippen molar-refractivity contribution in [2.45, 2.75) is 18.0 Å². The predicted molar refractivity (Wildman–Crippen MR) is 122 cm³/mol. The molecule has 0 fully saturated rings. The summed E-state index contributed by atoms with van der Waals surface area (Å²) in [6, 6.07) is 9.67. The number of methoxy groups -OCH3 is 1. The van der Waals surface area contributed by atoms with E-state index >= 15 is 0 Å². The molecule has 2 aromatic carbocycles. The van der Waals surface area contributed by atoms with Crippen molar-refractivity contribution in [1.82, 2.24) is 15.4 Å². The van der Waals surface area contributed by atoms with E-state index in [0.717, 1.165) is 18.2 Å². The van der Waals surface area contributed by atoms with Gasteiger partial charge in [-0.15, -0.1) is 24.0 Å². The third-order valence-electron chi connectivity index (χ3n) is 3.94. The first-order chi connectivity index (χ1) is 13.9. The van der Waals surface area contributed by atoms with Crippen molar-refractivity contribution >= 4 is 40.0 Å². The fraction of sp³-hybridized carbons (Fsp3) is 0.316. The van der Waals surface area contributed by atoms with Crippen molar-refractivity contribution in [2.24, 2.45) is 4.99 Å². The van der Waals surface area contributed by atoms with Crippen LogP contribution in [0.2, 0.25) is 0 Å². The minimum atomic E-state index is -3.64. The van der Waals surface area contributed by atoms with Gasteiger partial charge in [-0.2, -0.15) is 0 Å². The second-order valence-corrected chi connectivity index (χ2v) is 7.82. The molecular weight excluding hydrogens is 529 g/mol. The van der Waals surface area contributed by atoms with Gasteiger partial charge in [0.15, 0.2) is 5.96 Å². The first-order valence-corrected chi connectivity index (χ1v) is 10.3. The van der Waals surface area contributed by atoms with Gasteiger partial charge in [-0.1, -0.05) is 12.1 Å². The zero-order valence-electron chi connectivity index (χ0n) is 16.6. The van der Waals surface area contributed by atoms with Crippen LogP contribution < -0.4 is 15.4 Å². The molecule has 30 heavy (non-hydrogen) atoms. The number of guanidine groups is 1. The van der Waals surface area contributed by atoms with Crippen molar-refractivity contribution in [3.8, 4) is 0 Å². The molecule has 0 aromatic heterocycles. The number of nitrogens with one attached hydrogen (secondary N) is 3. The molecular formula is C19H25F2IN4O3S. The number of halogens is 3. The Morgan fingerprint density at radius 3 is 2.53 bits per heavy atom. The van der Waals surface area contributed by atoms with Crippen molar-refractivity contribution in [3.63, 3.8) is 0 Å². The number of sulfonamides is 1. The van der Waals surface area contributed by atoms with Gasteiger partial charge in [0.05, 0.1) is 11.5 Å². The summed E-state index contributed by atoms with van der Waals surface area (Å²) in [7, 11) is -0.605. The standard InChI is InChI=1S/C19H24F2N4O3S.HI/c1-22-19(24-13-15-11-16(20)6-7-18(15)21)23-12-14-4-3-5-17(10-14)29(26,27)25-8-9-28-2;/h3-7,10-11,25H,8-9,12-13H2,1-2H3,(H2,22,23,24);1H.